The van der Waals surface area contributed by atoms with E-state index in [1.54, 1.807) is 6.07 Å². The van der Waals surface area contributed by atoms with Gasteiger partial charge in [-0.1, -0.05) is 19.4 Å². The smallest absolute Gasteiger partial charge is 0.123 e. The van der Waals surface area contributed by atoms with Crippen LogP contribution in [0.15, 0.2) is 18.2 Å². The fourth-order valence-corrected chi connectivity index (χ4v) is 2.73. The van der Waals surface area contributed by atoms with Gasteiger partial charge in [-0.2, -0.15) is 0 Å². The van der Waals surface area contributed by atoms with Gasteiger partial charge < -0.3 is 5.73 Å². The van der Waals surface area contributed by atoms with E-state index in [2.05, 4.69) is 11.8 Å². The van der Waals surface area contributed by atoms with Gasteiger partial charge in [-0.3, -0.25) is 4.90 Å². The van der Waals surface area contributed by atoms with Crippen molar-refractivity contribution in [3.63, 3.8) is 0 Å². The molecular weight excluding hydrogens is 227 g/mol. The van der Waals surface area contributed by atoms with Gasteiger partial charge in [-0.25, -0.2) is 4.39 Å². The molecule has 0 radical (unpaired) electrons. The van der Waals surface area contributed by atoms with Gasteiger partial charge in [0.2, 0.25) is 0 Å². The number of rotatable bonds is 4. The molecule has 1 aliphatic rings. The van der Waals surface area contributed by atoms with E-state index in [1.165, 1.54) is 30.9 Å². The quantitative estimate of drug-likeness (QED) is 0.890. The number of halogens is 1. The predicted molar refractivity (Wildman–Crippen MR) is 72.6 cm³/mol. The second kappa shape index (κ2) is 6.30. The van der Waals surface area contributed by atoms with Crippen molar-refractivity contribution in [2.75, 3.05) is 13.1 Å². The largest absolute Gasteiger partial charge is 0.326 e. The summed E-state index contributed by atoms with van der Waals surface area (Å²) in [6, 6.07) is 4.98. The summed E-state index contributed by atoms with van der Waals surface area (Å²) in [5, 5.41) is 0. The van der Waals surface area contributed by atoms with E-state index in [0.29, 0.717) is 6.54 Å². The van der Waals surface area contributed by atoms with Crippen molar-refractivity contribution in [2.45, 2.75) is 39.3 Å². The zero-order valence-corrected chi connectivity index (χ0v) is 11.2. The summed E-state index contributed by atoms with van der Waals surface area (Å²) in [6.07, 6.45) is 3.86. The number of hydrogen-bond donors (Lipinski definition) is 1. The van der Waals surface area contributed by atoms with E-state index in [9.17, 15) is 4.39 Å². The van der Waals surface area contributed by atoms with Gasteiger partial charge in [0.1, 0.15) is 5.82 Å². The Labute approximate surface area is 109 Å². The van der Waals surface area contributed by atoms with Crippen LogP contribution in [0.4, 0.5) is 4.39 Å². The predicted octanol–water partition coefficient (Wildman–Crippen LogP) is 2.91. The summed E-state index contributed by atoms with van der Waals surface area (Å²) >= 11 is 0. The third-order valence-electron chi connectivity index (χ3n) is 4.07. The fourth-order valence-electron chi connectivity index (χ4n) is 2.73. The molecule has 3 heteroatoms. The minimum atomic E-state index is -0.191. The van der Waals surface area contributed by atoms with Gasteiger partial charge in [0.25, 0.3) is 0 Å². The molecular formula is C15H23FN2. The Morgan fingerprint density at radius 3 is 2.61 bits per heavy atom. The first-order valence-corrected chi connectivity index (χ1v) is 6.92. The highest BCUT2D eigenvalue weighted by molar-refractivity contribution is 5.27. The second-order valence-electron chi connectivity index (χ2n) is 5.24. The van der Waals surface area contributed by atoms with E-state index in [4.69, 9.17) is 5.73 Å². The molecule has 0 unspecified atom stereocenters. The van der Waals surface area contributed by atoms with E-state index < -0.39 is 0 Å². The molecule has 1 heterocycles. The normalized spacial score (nSPS) is 18.2. The minimum absolute atomic E-state index is 0.191. The highest BCUT2D eigenvalue weighted by Gasteiger charge is 2.18. The zero-order valence-electron chi connectivity index (χ0n) is 11.2. The molecule has 0 saturated carbocycles. The maximum Gasteiger partial charge on any atom is 0.123 e. The number of hydrogen-bond acceptors (Lipinski definition) is 2. The summed E-state index contributed by atoms with van der Waals surface area (Å²) in [6.45, 7) is 5.90. The Hall–Kier alpha value is -0.930. The third-order valence-corrected chi connectivity index (χ3v) is 4.07. The zero-order chi connectivity index (χ0) is 13.0. The second-order valence-corrected chi connectivity index (χ2v) is 5.24. The van der Waals surface area contributed by atoms with Gasteiger partial charge in [0.05, 0.1) is 0 Å². The number of piperidine rings is 1. The van der Waals surface area contributed by atoms with Crippen molar-refractivity contribution < 1.29 is 4.39 Å². The number of benzene rings is 1. The Balaban J connectivity index is 1.97. The molecule has 0 bridgehead atoms. The van der Waals surface area contributed by atoms with Crippen molar-refractivity contribution in [3.05, 3.63) is 35.1 Å². The summed E-state index contributed by atoms with van der Waals surface area (Å²) in [5.74, 6) is 0.701. The molecule has 0 amide bonds. The molecule has 2 N–H and O–H groups in total. The van der Waals surface area contributed by atoms with Gasteiger partial charge in [0.15, 0.2) is 0 Å². The van der Waals surface area contributed by atoms with Gasteiger partial charge in [-0.15, -0.1) is 0 Å². The number of nitrogens with two attached hydrogens (primary N) is 1. The van der Waals surface area contributed by atoms with Crippen LogP contribution in [0.5, 0.6) is 0 Å². The van der Waals surface area contributed by atoms with Crippen molar-refractivity contribution in [3.8, 4) is 0 Å². The molecule has 0 aliphatic carbocycles. The summed E-state index contributed by atoms with van der Waals surface area (Å²) in [5.41, 5.74) is 7.80. The van der Waals surface area contributed by atoms with E-state index in [-0.39, 0.29) is 5.82 Å². The SMILES string of the molecule is CCC1CCN(Cc2ccc(F)cc2CN)CC1. The molecule has 0 spiro atoms. The average Bonchev–Trinajstić information content (AvgIpc) is 2.41. The van der Waals surface area contributed by atoms with Crippen LogP contribution in [0.1, 0.15) is 37.3 Å². The van der Waals surface area contributed by atoms with Crippen LogP contribution < -0.4 is 5.73 Å². The van der Waals surface area contributed by atoms with E-state index in [1.807, 2.05) is 6.07 Å². The van der Waals surface area contributed by atoms with Crippen LogP contribution >= 0.6 is 0 Å². The van der Waals surface area contributed by atoms with Crippen LogP contribution in [0.2, 0.25) is 0 Å². The molecule has 2 nitrogen and oxygen atoms in total. The molecule has 2 rings (SSSR count). The third kappa shape index (κ3) is 3.30. The first-order valence-electron chi connectivity index (χ1n) is 6.92. The molecule has 100 valence electrons. The van der Waals surface area contributed by atoms with Crippen LogP contribution in [0, 0.1) is 11.7 Å². The average molecular weight is 250 g/mol. The molecule has 1 fully saturated rings. The molecule has 1 aliphatic heterocycles. The molecule has 0 aromatic heterocycles. The Bertz CT molecular complexity index is 384. The lowest BCUT2D eigenvalue weighted by atomic mass is 9.94. The first kappa shape index (κ1) is 13.5. The Kier molecular flexibility index (Phi) is 4.72. The van der Waals surface area contributed by atoms with Crippen molar-refractivity contribution in [1.29, 1.82) is 0 Å². The maximum atomic E-state index is 13.1. The van der Waals surface area contributed by atoms with Gasteiger partial charge in [0, 0.05) is 13.1 Å². The standard InChI is InChI=1S/C15H23FN2/c1-2-12-5-7-18(8-6-12)11-13-3-4-15(16)9-14(13)10-17/h3-4,9,12H,2,5-8,10-11,17H2,1H3. The van der Waals surface area contributed by atoms with Crippen LogP contribution in [-0.4, -0.2) is 18.0 Å². The fraction of sp³-hybridized carbons (Fsp3) is 0.600. The highest BCUT2D eigenvalue weighted by Crippen LogP contribution is 2.22. The molecule has 1 saturated heterocycles. The summed E-state index contributed by atoms with van der Waals surface area (Å²) < 4.78 is 13.1. The van der Waals surface area contributed by atoms with Gasteiger partial charge in [-0.05, 0) is 55.1 Å². The van der Waals surface area contributed by atoms with Crippen molar-refractivity contribution in [1.82, 2.24) is 4.90 Å². The molecule has 0 atom stereocenters. The van der Waals surface area contributed by atoms with Crippen LogP contribution in [-0.2, 0) is 13.1 Å². The van der Waals surface area contributed by atoms with E-state index in [0.717, 1.165) is 31.1 Å². The highest BCUT2D eigenvalue weighted by atomic mass is 19.1. The Morgan fingerprint density at radius 2 is 2.00 bits per heavy atom. The van der Waals surface area contributed by atoms with E-state index >= 15 is 0 Å². The van der Waals surface area contributed by atoms with Gasteiger partial charge >= 0.3 is 0 Å². The first-order chi connectivity index (χ1) is 8.72. The molecule has 1 aromatic carbocycles. The van der Waals surface area contributed by atoms with Crippen LogP contribution in [0.25, 0.3) is 0 Å². The summed E-state index contributed by atoms with van der Waals surface area (Å²) in [4.78, 5) is 2.46. The van der Waals surface area contributed by atoms with Crippen LogP contribution in [0.3, 0.4) is 0 Å². The molecule has 18 heavy (non-hydrogen) atoms. The minimum Gasteiger partial charge on any atom is -0.326 e. The lowest BCUT2D eigenvalue weighted by Gasteiger charge is -2.31. The Morgan fingerprint density at radius 1 is 1.28 bits per heavy atom. The van der Waals surface area contributed by atoms with Crippen molar-refractivity contribution >= 4 is 0 Å². The number of nitrogens with zero attached hydrogens (tertiary/aromatic N) is 1. The monoisotopic (exact) mass is 250 g/mol. The summed E-state index contributed by atoms with van der Waals surface area (Å²) in [7, 11) is 0. The molecule has 1 aromatic rings. The lowest BCUT2D eigenvalue weighted by Crippen LogP contribution is -2.33. The maximum absolute atomic E-state index is 13.1. The topological polar surface area (TPSA) is 29.3 Å². The lowest BCUT2D eigenvalue weighted by molar-refractivity contribution is 0.174. The number of likely N-dealkylation sites (tertiary alicyclic amines) is 1. The van der Waals surface area contributed by atoms with Crippen molar-refractivity contribution in [2.24, 2.45) is 11.7 Å².